The van der Waals surface area contributed by atoms with Gasteiger partial charge in [-0.25, -0.2) is 15.0 Å². The van der Waals surface area contributed by atoms with Gasteiger partial charge in [-0.3, -0.25) is 0 Å². The Labute approximate surface area is 714 Å². The highest BCUT2D eigenvalue weighted by molar-refractivity contribution is 7.26. The molecule has 0 aliphatic carbocycles. The van der Waals surface area contributed by atoms with Crippen LogP contribution in [0.4, 0.5) is 0 Å². The third-order valence-corrected chi connectivity index (χ3v) is 24.2. The molecule has 0 spiro atoms. The number of para-hydroxylation sites is 2. The molecular formula is C105H65Cl3N10S2. The van der Waals surface area contributed by atoms with E-state index in [2.05, 4.69) is 301 Å². The van der Waals surface area contributed by atoms with Crippen molar-refractivity contribution in [1.82, 2.24) is 49.4 Å². The molecule has 0 bridgehead atoms. The minimum absolute atomic E-state index is 0.165. The first-order valence-electron chi connectivity index (χ1n) is 39.1. The normalized spacial score (nSPS) is 11.3. The Kier molecular flexibility index (Phi) is 20.5. The number of nitrogens with zero attached hydrogens (tertiary/aromatic N) is 10. The third kappa shape index (κ3) is 15.4. The lowest BCUT2D eigenvalue weighted by Gasteiger charge is -2.11. The fraction of sp³-hybridized carbons (Fsp3) is 0. The number of rotatable bonds is 13. The molecule has 6 aromatic heterocycles. The minimum Gasteiger partial charge on any atom is -0.309 e. The van der Waals surface area contributed by atoms with E-state index in [1.807, 2.05) is 150 Å². The summed E-state index contributed by atoms with van der Waals surface area (Å²) in [5, 5.41) is 8.10. The summed E-state index contributed by atoms with van der Waals surface area (Å²) in [6.07, 6.45) is 0. The summed E-state index contributed by atoms with van der Waals surface area (Å²) in [7, 11) is 0. The van der Waals surface area contributed by atoms with Crippen LogP contribution in [-0.2, 0) is 0 Å². The average molecular weight is 1640 g/mol. The van der Waals surface area contributed by atoms with Crippen molar-refractivity contribution in [3.05, 3.63) is 410 Å². The predicted molar refractivity (Wildman–Crippen MR) is 500 cm³/mol. The highest BCUT2D eigenvalue weighted by Gasteiger charge is 2.20. The van der Waals surface area contributed by atoms with Crippen LogP contribution in [0.25, 0.3) is 203 Å². The summed E-state index contributed by atoms with van der Waals surface area (Å²) in [6, 6.07) is 136. The summed E-state index contributed by atoms with van der Waals surface area (Å²) in [5.41, 5.74) is 22.4. The van der Waals surface area contributed by atoms with Gasteiger partial charge in [0, 0.05) is 90.2 Å². The fourth-order valence-electron chi connectivity index (χ4n) is 15.6. The molecule has 0 aliphatic rings. The largest absolute Gasteiger partial charge is 0.309 e. The van der Waals surface area contributed by atoms with E-state index in [4.69, 9.17) is 49.8 Å². The summed E-state index contributed by atoms with van der Waals surface area (Å²) < 4.78 is 7.53. The van der Waals surface area contributed by atoms with Crippen LogP contribution in [0.5, 0.6) is 0 Å². The number of aromatic nitrogens is 10. The molecule has 0 aliphatic heterocycles. The van der Waals surface area contributed by atoms with E-state index in [1.165, 1.54) is 73.3 Å². The van der Waals surface area contributed by atoms with Gasteiger partial charge in [0.15, 0.2) is 34.9 Å². The lowest BCUT2D eigenvalue weighted by Crippen LogP contribution is -1.98. The molecule has 0 fully saturated rings. The van der Waals surface area contributed by atoms with E-state index in [0.29, 0.717) is 34.9 Å². The minimum atomic E-state index is 0.165. The maximum atomic E-state index is 6.44. The van der Waals surface area contributed by atoms with Crippen LogP contribution in [0.15, 0.2) is 394 Å². The van der Waals surface area contributed by atoms with Crippen LogP contribution in [0.2, 0.25) is 15.9 Å². The van der Waals surface area contributed by atoms with E-state index in [0.717, 1.165) is 94.7 Å². The van der Waals surface area contributed by atoms with Crippen molar-refractivity contribution in [2.24, 2.45) is 0 Å². The van der Waals surface area contributed by atoms with Crippen LogP contribution < -0.4 is 0 Å². The number of fused-ring (bicyclic) bond motifs is 9. The smallest absolute Gasteiger partial charge is 0.226 e. The highest BCUT2D eigenvalue weighted by Crippen LogP contribution is 2.44. The average Bonchev–Trinajstić information content (AvgIpc) is 1.61. The van der Waals surface area contributed by atoms with Gasteiger partial charge in [-0.1, -0.05) is 303 Å². The Morgan fingerprint density at radius 3 is 1.07 bits per heavy atom. The van der Waals surface area contributed by atoms with E-state index >= 15 is 0 Å². The van der Waals surface area contributed by atoms with Crippen LogP contribution in [0.3, 0.4) is 0 Å². The molecule has 16 aromatic carbocycles. The Hall–Kier alpha value is -14.3. The first-order valence-corrected chi connectivity index (χ1v) is 41.9. The molecule has 0 amide bonds. The van der Waals surface area contributed by atoms with Crippen molar-refractivity contribution < 1.29 is 0 Å². The van der Waals surface area contributed by atoms with Crippen molar-refractivity contribution in [3.8, 4) is 141 Å². The van der Waals surface area contributed by atoms with Gasteiger partial charge < -0.3 is 4.57 Å². The van der Waals surface area contributed by atoms with Crippen LogP contribution in [0.1, 0.15) is 0 Å². The maximum absolute atomic E-state index is 6.44. The molecule has 568 valence electrons. The highest BCUT2D eigenvalue weighted by atomic mass is 35.5. The molecule has 22 aromatic rings. The van der Waals surface area contributed by atoms with Gasteiger partial charge in [-0.15, -0.1) is 22.7 Å². The van der Waals surface area contributed by atoms with Gasteiger partial charge >= 0.3 is 0 Å². The first-order chi connectivity index (χ1) is 59.1. The molecule has 22 rings (SSSR count). The lowest BCUT2D eigenvalue weighted by molar-refractivity contribution is 1.07. The van der Waals surface area contributed by atoms with Gasteiger partial charge in [-0.2, -0.15) is 29.9 Å². The lowest BCUT2D eigenvalue weighted by atomic mass is 9.95. The number of hydrogen-bond acceptors (Lipinski definition) is 11. The summed E-state index contributed by atoms with van der Waals surface area (Å²) >= 11 is 22.8. The van der Waals surface area contributed by atoms with Crippen LogP contribution in [-0.4, -0.2) is 49.4 Å². The second-order valence-corrected chi connectivity index (χ2v) is 32.0. The van der Waals surface area contributed by atoms with Crippen molar-refractivity contribution in [2.75, 3.05) is 0 Å². The van der Waals surface area contributed by atoms with E-state index in [9.17, 15) is 0 Å². The molecule has 120 heavy (non-hydrogen) atoms. The molecule has 0 atom stereocenters. The van der Waals surface area contributed by atoms with Crippen molar-refractivity contribution in [2.45, 2.75) is 0 Å². The quantitative estimate of drug-likeness (QED) is 0.111. The van der Waals surface area contributed by atoms with E-state index in [1.54, 1.807) is 0 Å². The number of benzene rings is 16. The molecule has 0 saturated carbocycles. The zero-order chi connectivity index (χ0) is 80.4. The van der Waals surface area contributed by atoms with E-state index < -0.39 is 0 Å². The van der Waals surface area contributed by atoms with Crippen molar-refractivity contribution >= 4 is 120 Å². The van der Waals surface area contributed by atoms with Crippen LogP contribution >= 0.6 is 57.5 Å². The molecule has 10 nitrogen and oxygen atoms in total. The Morgan fingerprint density at radius 1 is 0.183 bits per heavy atom. The Balaban J connectivity index is 0.000000115. The Bertz CT molecular complexity index is 7580. The Morgan fingerprint density at radius 2 is 0.500 bits per heavy atom. The molecule has 0 unspecified atom stereocenters. The molecule has 6 heterocycles. The predicted octanol–water partition coefficient (Wildman–Crippen LogP) is 29.4. The van der Waals surface area contributed by atoms with Crippen molar-refractivity contribution in [1.29, 1.82) is 0 Å². The standard InChI is InChI=1S/C39H25ClN4.2C33H20ClN3S/c40-39-42-37(28-20-18-27(19-21-28)26-10-3-1-4-11-26)41-38(43-39)31-13-9-12-29(24-31)30-22-23-36-34(25-30)33-16-7-8-17-35(33)44(36)32-14-5-2-6-15-32;34-33-36-31(22-11-5-2-6-12-22)35-32(37-33)26-18-24(21-9-3-1-4-10-21)17-25(19-26)23-15-16-30-28(20-23)27-13-7-8-14-29(27)38-30;34-33-36-31(21-9-2-1-3-10-21)35-32(37-33)25-14-7-12-23(20-25)22-11-6-13-24(19-22)26-16-8-17-28-27-15-4-5-18-29(27)38-30(26)28/h1-25H;2*1-20H. The first kappa shape index (κ1) is 74.5. The van der Waals surface area contributed by atoms with Gasteiger partial charge in [0.1, 0.15) is 0 Å². The molecule has 15 heteroatoms. The zero-order valence-electron chi connectivity index (χ0n) is 64.0. The summed E-state index contributed by atoms with van der Waals surface area (Å²) in [6.45, 7) is 0. The summed E-state index contributed by atoms with van der Waals surface area (Å²) in [4.78, 5) is 41.0. The molecule has 0 N–H and O–H groups in total. The second-order valence-electron chi connectivity index (χ2n) is 28.8. The van der Waals surface area contributed by atoms with Gasteiger partial charge in [-0.05, 0) is 193 Å². The monoisotopic (exact) mass is 1630 g/mol. The number of thiophene rings is 2. The number of halogens is 3. The number of hydrogen-bond donors (Lipinski definition) is 0. The second kappa shape index (κ2) is 33.0. The van der Waals surface area contributed by atoms with Gasteiger partial charge in [0.2, 0.25) is 15.9 Å². The van der Waals surface area contributed by atoms with Crippen molar-refractivity contribution in [3.63, 3.8) is 0 Å². The van der Waals surface area contributed by atoms with E-state index in [-0.39, 0.29) is 15.9 Å². The topological polar surface area (TPSA) is 121 Å². The third-order valence-electron chi connectivity index (χ3n) is 21.3. The summed E-state index contributed by atoms with van der Waals surface area (Å²) in [5.74, 6) is 3.29. The van der Waals surface area contributed by atoms with Crippen LogP contribution in [0, 0.1) is 0 Å². The SMILES string of the molecule is Clc1nc(-c2ccc(-c3ccccc3)cc2)nc(-c2cccc(-c3ccc4c(c3)c3ccccc3n4-c3ccccc3)c2)n1.Clc1nc(-c2ccccc2)nc(-c2cc(-c3ccccc3)cc(-c3ccc4sc5ccccc5c4c3)c2)n1.Clc1nc(-c2ccccc2)nc(-c2cccc(-c3cccc(-c4cccc5c4sc4ccccc45)c3)c2)n1. The van der Waals surface area contributed by atoms with Gasteiger partial charge in [0.25, 0.3) is 0 Å². The maximum Gasteiger partial charge on any atom is 0.226 e. The molecular weight excluding hydrogens is 1570 g/mol. The molecule has 0 saturated heterocycles. The molecule has 0 radical (unpaired) electrons. The zero-order valence-corrected chi connectivity index (χ0v) is 67.9. The van der Waals surface area contributed by atoms with Gasteiger partial charge in [0.05, 0.1) is 11.0 Å². The fourth-order valence-corrected chi connectivity index (χ4v) is 18.4.